The molecule has 0 amide bonds. The topological polar surface area (TPSA) is 77.1 Å². The van der Waals surface area contributed by atoms with Gasteiger partial charge >= 0.3 is 0 Å². The molecule has 0 saturated heterocycles. The number of ether oxygens (including phenoxy) is 3. The number of nitrogens with one attached hydrogen (secondary N) is 1. The first-order valence-corrected chi connectivity index (χ1v) is 11.8. The molecule has 3 aromatic rings. The highest BCUT2D eigenvalue weighted by atomic mass is 32.2. The number of hydrogen-bond donors (Lipinski definition) is 1. The molecule has 0 saturated carbocycles. The van der Waals surface area contributed by atoms with Gasteiger partial charge in [0, 0.05) is 20.4 Å². The van der Waals surface area contributed by atoms with Gasteiger partial charge in [0.1, 0.15) is 11.5 Å². The number of rotatable bonds is 9. The normalized spacial score (nSPS) is 13.4. The van der Waals surface area contributed by atoms with Crippen molar-refractivity contribution in [1.29, 1.82) is 0 Å². The second-order valence-corrected chi connectivity index (χ2v) is 9.58. The van der Waals surface area contributed by atoms with Gasteiger partial charge in [-0.15, -0.1) is 0 Å². The quantitative estimate of drug-likeness (QED) is 0.486. The lowest BCUT2D eigenvalue weighted by Gasteiger charge is -2.22. The summed E-state index contributed by atoms with van der Waals surface area (Å²) in [6.07, 6.45) is 0. The SMILES string of the molecule is C.CN(C)CC(CNS(=O)(=O)c1ccc(Oc2ccccc2)cc1)c1ccc2c(c1)OCO2.[HH]. The summed E-state index contributed by atoms with van der Waals surface area (Å²) in [5, 5.41) is 0. The molecular formula is C25H32N2O5S. The second-order valence-electron chi connectivity index (χ2n) is 7.81. The first-order chi connectivity index (χ1) is 15.4. The van der Waals surface area contributed by atoms with Crippen LogP contribution >= 0.6 is 0 Å². The molecule has 0 fully saturated rings. The standard InChI is InChI=1S/C24H26N2O5S.CH4.H2/c1-26(2)16-19(18-8-13-23-24(14-18)30-17-29-23)15-25-32(27,28)22-11-9-21(10-12-22)31-20-6-4-3-5-7-20;;/h3-14,19,25H,15-17H2,1-2H3;1H4;1H. The zero-order valence-electron chi connectivity index (χ0n) is 18.0. The third kappa shape index (κ3) is 6.25. The van der Waals surface area contributed by atoms with Gasteiger partial charge in [-0.1, -0.05) is 31.7 Å². The van der Waals surface area contributed by atoms with E-state index in [9.17, 15) is 8.42 Å². The molecule has 8 heteroatoms. The largest absolute Gasteiger partial charge is 0.457 e. The monoisotopic (exact) mass is 472 g/mol. The van der Waals surface area contributed by atoms with Gasteiger partial charge in [0.15, 0.2) is 11.5 Å². The van der Waals surface area contributed by atoms with Crippen LogP contribution in [0.2, 0.25) is 0 Å². The van der Waals surface area contributed by atoms with E-state index in [-0.39, 0.29) is 33.0 Å². The van der Waals surface area contributed by atoms with Gasteiger partial charge in [-0.05, 0) is 68.2 Å². The minimum absolute atomic E-state index is 0. The van der Waals surface area contributed by atoms with Crippen LogP contribution in [0.4, 0.5) is 0 Å². The van der Waals surface area contributed by atoms with E-state index < -0.39 is 10.0 Å². The number of para-hydroxylation sites is 1. The summed E-state index contributed by atoms with van der Waals surface area (Å²) in [4.78, 5) is 2.21. The average molecular weight is 473 g/mol. The van der Waals surface area contributed by atoms with E-state index in [0.717, 1.165) is 5.56 Å². The molecule has 1 heterocycles. The van der Waals surface area contributed by atoms with Crippen LogP contribution in [-0.2, 0) is 10.0 Å². The highest BCUT2D eigenvalue weighted by Gasteiger charge is 2.22. The number of fused-ring (bicyclic) bond motifs is 1. The number of likely N-dealkylation sites (N-methyl/N-ethyl adjacent to an activating group) is 1. The molecule has 1 N–H and O–H groups in total. The van der Waals surface area contributed by atoms with Crippen molar-refractivity contribution in [2.45, 2.75) is 18.2 Å². The lowest BCUT2D eigenvalue weighted by atomic mass is 9.98. The minimum atomic E-state index is -3.68. The van der Waals surface area contributed by atoms with E-state index in [4.69, 9.17) is 14.2 Å². The van der Waals surface area contributed by atoms with Gasteiger partial charge in [0.05, 0.1) is 4.90 Å². The van der Waals surface area contributed by atoms with Gasteiger partial charge in [-0.2, -0.15) is 0 Å². The van der Waals surface area contributed by atoms with Crippen molar-refractivity contribution in [3.05, 3.63) is 78.4 Å². The van der Waals surface area contributed by atoms with E-state index in [2.05, 4.69) is 4.72 Å². The molecule has 1 aliphatic heterocycles. The summed E-state index contributed by atoms with van der Waals surface area (Å²) in [7, 11) is 0.236. The van der Waals surface area contributed by atoms with Crippen LogP contribution in [0.15, 0.2) is 77.7 Å². The van der Waals surface area contributed by atoms with Gasteiger partial charge < -0.3 is 19.1 Å². The summed E-state index contributed by atoms with van der Waals surface area (Å²) < 4.78 is 45.1. The Morgan fingerprint density at radius 2 is 1.64 bits per heavy atom. The predicted octanol–water partition coefficient (Wildman–Crippen LogP) is 4.71. The minimum Gasteiger partial charge on any atom is -0.457 e. The molecule has 0 aromatic heterocycles. The fourth-order valence-electron chi connectivity index (χ4n) is 3.50. The van der Waals surface area contributed by atoms with Crippen molar-refractivity contribution in [2.24, 2.45) is 0 Å². The third-order valence-electron chi connectivity index (χ3n) is 5.09. The van der Waals surface area contributed by atoms with E-state index >= 15 is 0 Å². The molecule has 178 valence electrons. The Hall–Kier alpha value is -3.07. The van der Waals surface area contributed by atoms with Crippen molar-refractivity contribution in [3.8, 4) is 23.0 Å². The van der Waals surface area contributed by atoms with Crippen LogP contribution in [0.1, 0.15) is 20.3 Å². The molecule has 1 atom stereocenters. The van der Waals surface area contributed by atoms with Gasteiger partial charge in [-0.3, -0.25) is 0 Å². The van der Waals surface area contributed by atoms with Crippen molar-refractivity contribution < 1.29 is 24.1 Å². The van der Waals surface area contributed by atoms with Gasteiger partial charge in [-0.25, -0.2) is 13.1 Å². The number of benzene rings is 3. The Morgan fingerprint density at radius 1 is 0.970 bits per heavy atom. The molecule has 33 heavy (non-hydrogen) atoms. The Labute approximate surface area is 197 Å². The Balaban J connectivity index is 0.00000204. The van der Waals surface area contributed by atoms with Crippen LogP contribution in [-0.4, -0.2) is 47.3 Å². The first-order valence-electron chi connectivity index (χ1n) is 10.3. The Bertz CT molecular complexity index is 1160. The lowest BCUT2D eigenvalue weighted by molar-refractivity contribution is 0.174. The van der Waals surface area contributed by atoms with Crippen LogP contribution < -0.4 is 18.9 Å². The fraction of sp³-hybridized carbons (Fsp3) is 0.280. The fourth-order valence-corrected chi connectivity index (χ4v) is 4.58. The molecule has 4 rings (SSSR count). The molecule has 0 bridgehead atoms. The van der Waals surface area contributed by atoms with E-state index in [1.54, 1.807) is 24.3 Å². The van der Waals surface area contributed by atoms with Gasteiger partial charge in [0.2, 0.25) is 16.8 Å². The summed E-state index contributed by atoms with van der Waals surface area (Å²) >= 11 is 0. The Morgan fingerprint density at radius 3 is 2.33 bits per heavy atom. The summed E-state index contributed by atoms with van der Waals surface area (Å²) in [5.41, 5.74) is 0.984. The summed E-state index contributed by atoms with van der Waals surface area (Å²) in [5.74, 6) is 2.59. The second kappa shape index (κ2) is 10.7. The van der Waals surface area contributed by atoms with Crippen molar-refractivity contribution in [3.63, 3.8) is 0 Å². The van der Waals surface area contributed by atoms with Crippen LogP contribution in [0.5, 0.6) is 23.0 Å². The summed E-state index contributed by atoms with van der Waals surface area (Å²) in [6.45, 7) is 1.13. The predicted molar refractivity (Wildman–Crippen MR) is 131 cm³/mol. The van der Waals surface area contributed by atoms with E-state index in [1.165, 1.54) is 0 Å². The van der Waals surface area contributed by atoms with Crippen molar-refractivity contribution in [1.82, 2.24) is 9.62 Å². The molecule has 0 aliphatic carbocycles. The number of nitrogens with zero attached hydrogens (tertiary/aromatic N) is 1. The van der Waals surface area contributed by atoms with E-state index in [1.807, 2.05) is 67.5 Å². The molecule has 3 aromatic carbocycles. The van der Waals surface area contributed by atoms with Crippen molar-refractivity contribution in [2.75, 3.05) is 34.0 Å². The third-order valence-corrected chi connectivity index (χ3v) is 6.53. The molecule has 1 aliphatic rings. The zero-order valence-corrected chi connectivity index (χ0v) is 18.8. The number of hydrogen-bond acceptors (Lipinski definition) is 6. The highest BCUT2D eigenvalue weighted by Crippen LogP contribution is 2.34. The maximum Gasteiger partial charge on any atom is 0.240 e. The first kappa shape index (κ1) is 24.6. The van der Waals surface area contributed by atoms with Crippen LogP contribution in [0.25, 0.3) is 0 Å². The zero-order chi connectivity index (χ0) is 22.6. The number of sulfonamides is 1. The maximum absolute atomic E-state index is 12.9. The van der Waals surface area contributed by atoms with Crippen LogP contribution in [0.3, 0.4) is 0 Å². The smallest absolute Gasteiger partial charge is 0.240 e. The molecular weight excluding hydrogens is 440 g/mol. The highest BCUT2D eigenvalue weighted by molar-refractivity contribution is 7.89. The maximum atomic E-state index is 12.9. The Kier molecular flexibility index (Phi) is 7.97. The molecule has 0 spiro atoms. The molecule has 1 unspecified atom stereocenters. The average Bonchev–Trinajstić information content (AvgIpc) is 3.25. The molecule has 7 nitrogen and oxygen atoms in total. The summed E-state index contributed by atoms with van der Waals surface area (Å²) in [6, 6.07) is 21.5. The van der Waals surface area contributed by atoms with Crippen molar-refractivity contribution >= 4 is 10.0 Å². The molecule has 0 radical (unpaired) electrons. The lowest BCUT2D eigenvalue weighted by Crippen LogP contribution is -2.33. The van der Waals surface area contributed by atoms with Crippen LogP contribution in [0, 0.1) is 0 Å². The van der Waals surface area contributed by atoms with E-state index in [0.29, 0.717) is 29.5 Å². The van der Waals surface area contributed by atoms with Gasteiger partial charge in [0.25, 0.3) is 0 Å².